The highest BCUT2D eigenvalue weighted by Gasteiger charge is 2.23. The standard InChI is InChI=1S/C20H32N4O6S/c1-30-13-14-31(28,29)24-17(20(26)27)10-12-21-18(25)7-3-2-6-16-9-8-15-5-4-11-22-19(15)23-16/h8-9,17,24H,2-7,10-14H2,1H3,(H,21,25)(H,22,23)(H,26,27). The molecule has 1 aliphatic heterocycles. The molecule has 2 heterocycles. The normalized spacial score (nSPS) is 14.4. The van der Waals surface area contributed by atoms with E-state index in [-0.39, 0.29) is 31.2 Å². The van der Waals surface area contributed by atoms with Crippen LogP contribution in [0.25, 0.3) is 0 Å². The SMILES string of the molecule is COCCS(=O)(=O)NC(CCNC(=O)CCCCc1ccc2c(n1)NCCC2)C(=O)O. The van der Waals surface area contributed by atoms with E-state index in [1.165, 1.54) is 12.7 Å². The smallest absolute Gasteiger partial charge is 0.321 e. The molecule has 1 amide bonds. The lowest BCUT2D eigenvalue weighted by Crippen LogP contribution is -2.44. The first-order valence-electron chi connectivity index (χ1n) is 10.5. The van der Waals surface area contributed by atoms with E-state index in [0.717, 1.165) is 43.7 Å². The first-order chi connectivity index (χ1) is 14.8. The van der Waals surface area contributed by atoms with Gasteiger partial charge in [-0.3, -0.25) is 9.59 Å². The van der Waals surface area contributed by atoms with Gasteiger partial charge in [0, 0.05) is 32.3 Å². The largest absolute Gasteiger partial charge is 0.480 e. The molecule has 0 aromatic carbocycles. The topological polar surface area (TPSA) is 147 Å². The highest BCUT2D eigenvalue weighted by molar-refractivity contribution is 7.89. The first kappa shape index (κ1) is 25.0. The summed E-state index contributed by atoms with van der Waals surface area (Å²) in [7, 11) is -2.41. The number of amides is 1. The van der Waals surface area contributed by atoms with Crippen LogP contribution in [0, 0.1) is 0 Å². The quantitative estimate of drug-likeness (QED) is 0.299. The van der Waals surface area contributed by atoms with E-state index in [2.05, 4.69) is 26.4 Å². The molecule has 0 aliphatic carbocycles. The Bertz CT molecular complexity index is 846. The molecule has 10 nitrogen and oxygen atoms in total. The predicted molar refractivity (Wildman–Crippen MR) is 116 cm³/mol. The Balaban J connectivity index is 1.65. The molecular weight excluding hydrogens is 424 g/mol. The fourth-order valence-electron chi connectivity index (χ4n) is 3.25. The van der Waals surface area contributed by atoms with Gasteiger partial charge < -0.3 is 20.5 Å². The summed E-state index contributed by atoms with van der Waals surface area (Å²) < 4.78 is 30.5. The number of aliphatic carboxylic acids is 1. The van der Waals surface area contributed by atoms with Crippen molar-refractivity contribution in [3.63, 3.8) is 0 Å². The number of ether oxygens (including phenoxy) is 1. The number of nitrogens with zero attached hydrogens (tertiary/aromatic N) is 1. The number of nitrogens with one attached hydrogen (secondary N) is 3. The number of hydrogen-bond acceptors (Lipinski definition) is 7. The number of aryl methyl sites for hydroxylation is 2. The summed E-state index contributed by atoms with van der Waals surface area (Å²) in [4.78, 5) is 27.9. The van der Waals surface area contributed by atoms with E-state index in [1.807, 2.05) is 6.07 Å². The van der Waals surface area contributed by atoms with Crippen LogP contribution in [0.15, 0.2) is 12.1 Å². The second kappa shape index (κ2) is 12.6. The lowest BCUT2D eigenvalue weighted by molar-refractivity contribution is -0.139. The molecule has 0 fully saturated rings. The van der Waals surface area contributed by atoms with Gasteiger partial charge in [0.1, 0.15) is 11.9 Å². The number of carboxylic acid groups (broad SMARTS) is 1. The van der Waals surface area contributed by atoms with Gasteiger partial charge in [0.25, 0.3) is 0 Å². The molecule has 1 aromatic rings. The third-order valence-electron chi connectivity index (χ3n) is 4.97. The number of unbranched alkanes of at least 4 members (excludes halogenated alkanes) is 1. The Morgan fingerprint density at radius 3 is 2.87 bits per heavy atom. The number of sulfonamides is 1. The van der Waals surface area contributed by atoms with Crippen LogP contribution in [-0.2, 0) is 37.2 Å². The molecule has 1 aliphatic rings. The number of carboxylic acids is 1. The van der Waals surface area contributed by atoms with Crippen LogP contribution < -0.4 is 15.4 Å². The summed E-state index contributed by atoms with van der Waals surface area (Å²) in [5.74, 6) is -0.838. The molecule has 0 bridgehead atoms. The lowest BCUT2D eigenvalue weighted by atomic mass is 10.1. The number of aromatic nitrogens is 1. The van der Waals surface area contributed by atoms with Gasteiger partial charge in [-0.25, -0.2) is 18.1 Å². The maximum atomic E-state index is 12.0. The summed E-state index contributed by atoms with van der Waals surface area (Å²) in [6, 6.07) is 2.84. The van der Waals surface area contributed by atoms with Crippen LogP contribution in [0.3, 0.4) is 0 Å². The molecule has 1 unspecified atom stereocenters. The van der Waals surface area contributed by atoms with Gasteiger partial charge in [-0.2, -0.15) is 0 Å². The predicted octanol–water partition coefficient (Wildman–Crippen LogP) is 0.678. The van der Waals surface area contributed by atoms with Gasteiger partial charge in [0.2, 0.25) is 15.9 Å². The zero-order valence-corrected chi connectivity index (χ0v) is 18.7. The molecule has 1 atom stereocenters. The lowest BCUT2D eigenvalue weighted by Gasteiger charge is -2.17. The Morgan fingerprint density at radius 2 is 2.13 bits per heavy atom. The van der Waals surface area contributed by atoms with E-state index in [0.29, 0.717) is 12.8 Å². The fourth-order valence-corrected chi connectivity index (χ4v) is 4.40. The number of carbonyl (C=O) groups excluding carboxylic acids is 1. The van der Waals surface area contributed by atoms with Gasteiger partial charge in [-0.1, -0.05) is 6.07 Å². The van der Waals surface area contributed by atoms with E-state index in [4.69, 9.17) is 4.74 Å². The Hall–Kier alpha value is -2.24. The van der Waals surface area contributed by atoms with Crippen molar-refractivity contribution in [3.05, 3.63) is 23.4 Å². The van der Waals surface area contributed by atoms with Crippen molar-refractivity contribution >= 4 is 27.7 Å². The minimum atomic E-state index is -3.77. The van der Waals surface area contributed by atoms with Crippen LogP contribution in [0.1, 0.15) is 43.4 Å². The van der Waals surface area contributed by atoms with E-state index in [9.17, 15) is 23.1 Å². The van der Waals surface area contributed by atoms with Crippen molar-refractivity contribution in [3.8, 4) is 0 Å². The van der Waals surface area contributed by atoms with Crippen LogP contribution in [0.5, 0.6) is 0 Å². The molecule has 0 saturated carbocycles. The number of pyridine rings is 1. The van der Waals surface area contributed by atoms with Gasteiger partial charge >= 0.3 is 5.97 Å². The third-order valence-corrected chi connectivity index (χ3v) is 6.32. The molecule has 11 heteroatoms. The van der Waals surface area contributed by atoms with E-state index in [1.54, 1.807) is 0 Å². The fraction of sp³-hybridized carbons (Fsp3) is 0.650. The zero-order chi connectivity index (χ0) is 22.7. The number of fused-ring (bicyclic) bond motifs is 1. The number of carbonyl (C=O) groups is 2. The molecule has 4 N–H and O–H groups in total. The van der Waals surface area contributed by atoms with Crippen LogP contribution in [0.4, 0.5) is 5.82 Å². The Kier molecular flexibility index (Phi) is 10.2. The highest BCUT2D eigenvalue weighted by Crippen LogP contribution is 2.20. The number of methoxy groups -OCH3 is 1. The molecule has 31 heavy (non-hydrogen) atoms. The third kappa shape index (κ3) is 9.19. The van der Waals surface area contributed by atoms with Crippen molar-refractivity contribution < 1.29 is 27.9 Å². The molecule has 0 saturated heterocycles. The summed E-state index contributed by atoms with van der Waals surface area (Å²) in [6.07, 6.45) is 4.73. The average molecular weight is 457 g/mol. The number of anilines is 1. The van der Waals surface area contributed by atoms with Crippen molar-refractivity contribution in [2.45, 2.75) is 51.0 Å². The van der Waals surface area contributed by atoms with Gasteiger partial charge in [-0.15, -0.1) is 0 Å². The van der Waals surface area contributed by atoms with Crippen molar-refractivity contribution in [2.24, 2.45) is 0 Å². The van der Waals surface area contributed by atoms with Crippen molar-refractivity contribution in [2.75, 3.05) is 37.9 Å². The Morgan fingerprint density at radius 1 is 1.32 bits per heavy atom. The zero-order valence-electron chi connectivity index (χ0n) is 17.9. The van der Waals surface area contributed by atoms with Crippen molar-refractivity contribution in [1.82, 2.24) is 15.0 Å². The molecule has 174 valence electrons. The maximum absolute atomic E-state index is 12.0. The first-order valence-corrected chi connectivity index (χ1v) is 12.2. The summed E-state index contributed by atoms with van der Waals surface area (Å²) in [5, 5.41) is 15.2. The van der Waals surface area contributed by atoms with Crippen molar-refractivity contribution in [1.29, 1.82) is 0 Å². The second-order valence-corrected chi connectivity index (χ2v) is 9.38. The van der Waals surface area contributed by atoms with Crippen LogP contribution in [-0.4, -0.2) is 69.0 Å². The second-order valence-electron chi connectivity index (χ2n) is 7.51. The minimum Gasteiger partial charge on any atom is -0.480 e. The van der Waals surface area contributed by atoms with Gasteiger partial charge in [0.15, 0.2) is 0 Å². The molecule has 1 aromatic heterocycles. The summed E-state index contributed by atoms with van der Waals surface area (Å²) in [5.41, 5.74) is 2.24. The molecule has 0 spiro atoms. The molecular formula is C20H32N4O6S. The van der Waals surface area contributed by atoms with Gasteiger partial charge in [0.05, 0.1) is 12.4 Å². The Labute approximate surface area is 183 Å². The average Bonchev–Trinajstić information content (AvgIpc) is 2.74. The molecule has 0 radical (unpaired) electrons. The van der Waals surface area contributed by atoms with Gasteiger partial charge in [-0.05, 0) is 50.2 Å². The molecule has 2 rings (SSSR count). The summed E-state index contributed by atoms with van der Waals surface area (Å²) >= 11 is 0. The number of rotatable bonds is 14. The van der Waals surface area contributed by atoms with E-state index >= 15 is 0 Å². The summed E-state index contributed by atoms with van der Waals surface area (Å²) in [6.45, 7) is 0.984. The maximum Gasteiger partial charge on any atom is 0.321 e. The van der Waals surface area contributed by atoms with E-state index < -0.39 is 22.0 Å². The number of hydrogen-bond donors (Lipinski definition) is 4. The highest BCUT2D eigenvalue weighted by atomic mass is 32.2. The monoisotopic (exact) mass is 456 g/mol. The minimum absolute atomic E-state index is 0.0318. The van der Waals surface area contributed by atoms with Crippen LogP contribution in [0.2, 0.25) is 0 Å². The van der Waals surface area contributed by atoms with Crippen LogP contribution >= 0.6 is 0 Å².